The maximum Gasteiger partial charge on any atom is 0.234 e. The number of amides is 2. The summed E-state index contributed by atoms with van der Waals surface area (Å²) in [5, 5.41) is 3.01. The zero-order valence-corrected chi connectivity index (χ0v) is 14.2. The summed E-state index contributed by atoms with van der Waals surface area (Å²) in [5.74, 6) is -0.297. The van der Waals surface area contributed by atoms with Gasteiger partial charge in [-0.15, -0.1) is 0 Å². The fraction of sp³-hybridized carbons (Fsp3) is 0.500. The third-order valence-corrected chi connectivity index (χ3v) is 5.30. The van der Waals surface area contributed by atoms with Crippen molar-refractivity contribution in [2.45, 2.75) is 38.0 Å². The number of hydrogen-bond donors (Lipinski definition) is 1. The fourth-order valence-electron chi connectivity index (χ4n) is 3.55. The second-order valence-corrected chi connectivity index (χ2v) is 6.95. The third kappa shape index (κ3) is 3.61. The summed E-state index contributed by atoms with van der Waals surface area (Å²) in [6.45, 7) is 1.77. The minimum atomic E-state index is -0.312. The molecule has 2 fully saturated rings. The molecule has 0 saturated carbocycles. The number of piperidine rings is 2. The predicted octanol–water partition coefficient (Wildman–Crippen LogP) is 2.67. The van der Waals surface area contributed by atoms with E-state index >= 15 is 0 Å². The highest BCUT2D eigenvalue weighted by Crippen LogP contribution is 2.34. The third-order valence-electron chi connectivity index (χ3n) is 5.00. The largest absolute Gasteiger partial charge is 0.370 e. The van der Waals surface area contributed by atoms with Gasteiger partial charge in [0.1, 0.15) is 6.29 Å². The summed E-state index contributed by atoms with van der Waals surface area (Å²) in [6.07, 6.45) is 4.50. The number of hydrogen-bond acceptors (Lipinski definition) is 4. The molecule has 2 heterocycles. The molecule has 0 spiro atoms. The van der Waals surface area contributed by atoms with Gasteiger partial charge in [0.2, 0.25) is 11.8 Å². The lowest BCUT2D eigenvalue weighted by atomic mass is 9.90. The average Bonchev–Trinajstić information content (AvgIpc) is 2.56. The van der Waals surface area contributed by atoms with Gasteiger partial charge in [0, 0.05) is 25.9 Å². The second kappa shape index (κ2) is 7.34. The predicted molar refractivity (Wildman–Crippen MR) is 92.2 cm³/mol. The van der Waals surface area contributed by atoms with E-state index in [1.54, 1.807) is 0 Å². The number of aldehydes is 1. The van der Waals surface area contributed by atoms with Crippen molar-refractivity contribution in [3.05, 3.63) is 28.8 Å². The number of carbonyl (C=O) groups excluding carboxylic acids is 3. The molecule has 0 aromatic heterocycles. The van der Waals surface area contributed by atoms with Gasteiger partial charge in [0.05, 0.1) is 16.6 Å². The van der Waals surface area contributed by atoms with E-state index in [9.17, 15) is 14.4 Å². The van der Waals surface area contributed by atoms with Gasteiger partial charge < -0.3 is 9.69 Å². The molecule has 3 rings (SSSR count). The molecule has 2 saturated heterocycles. The monoisotopic (exact) mass is 348 g/mol. The molecular weight excluding hydrogens is 328 g/mol. The Morgan fingerprint density at radius 2 is 1.96 bits per heavy atom. The number of imide groups is 1. The van der Waals surface area contributed by atoms with Gasteiger partial charge in [-0.3, -0.25) is 14.9 Å². The van der Waals surface area contributed by atoms with Crippen molar-refractivity contribution in [2.75, 3.05) is 18.0 Å². The van der Waals surface area contributed by atoms with Gasteiger partial charge in [-0.25, -0.2) is 0 Å². The van der Waals surface area contributed by atoms with Crippen LogP contribution in [0, 0.1) is 5.92 Å². The van der Waals surface area contributed by atoms with E-state index in [4.69, 9.17) is 11.6 Å². The molecule has 2 amide bonds. The first-order valence-corrected chi connectivity index (χ1v) is 8.78. The average molecular weight is 349 g/mol. The minimum absolute atomic E-state index is 0.211. The lowest BCUT2D eigenvalue weighted by Crippen LogP contribution is -2.39. The molecule has 128 valence electrons. The highest BCUT2D eigenvalue weighted by molar-refractivity contribution is 6.33. The summed E-state index contributed by atoms with van der Waals surface area (Å²) < 4.78 is 0. The van der Waals surface area contributed by atoms with Gasteiger partial charge in [0.15, 0.2) is 0 Å². The van der Waals surface area contributed by atoms with Crippen LogP contribution in [0.1, 0.15) is 43.6 Å². The Labute approximate surface area is 146 Å². The van der Waals surface area contributed by atoms with Crippen LogP contribution in [0.3, 0.4) is 0 Å². The smallest absolute Gasteiger partial charge is 0.234 e. The van der Waals surface area contributed by atoms with Gasteiger partial charge in [0.25, 0.3) is 0 Å². The lowest BCUT2D eigenvalue weighted by Gasteiger charge is -2.34. The highest BCUT2D eigenvalue weighted by Gasteiger charge is 2.29. The molecule has 1 atom stereocenters. The molecule has 6 heteroatoms. The van der Waals surface area contributed by atoms with Crippen molar-refractivity contribution in [3.63, 3.8) is 0 Å². The Bertz CT molecular complexity index is 654. The summed E-state index contributed by atoms with van der Waals surface area (Å²) >= 11 is 6.46. The normalized spacial score (nSPS) is 22.4. The number of nitrogens with zero attached hydrogens (tertiary/aromatic N) is 1. The van der Waals surface area contributed by atoms with Crippen molar-refractivity contribution in [2.24, 2.45) is 5.92 Å². The maximum absolute atomic E-state index is 12.0. The summed E-state index contributed by atoms with van der Waals surface area (Å²) in [5.41, 5.74) is 1.82. The maximum atomic E-state index is 12.0. The van der Waals surface area contributed by atoms with Crippen LogP contribution in [0.15, 0.2) is 18.2 Å². The minimum Gasteiger partial charge on any atom is -0.370 e. The van der Waals surface area contributed by atoms with Crippen LogP contribution >= 0.6 is 11.6 Å². The fourth-order valence-corrected chi connectivity index (χ4v) is 3.86. The van der Waals surface area contributed by atoms with Gasteiger partial charge in [-0.2, -0.15) is 0 Å². The standard InChI is InChI=1S/C18H21ClN2O3/c19-15-11-13(14-2-4-17(23)20-18(14)24)1-3-16(15)21-8-5-12(6-9-21)7-10-22/h1,3,10-12,14H,2,4-9H2,(H,20,23,24)/t14-/m0/s1. The van der Waals surface area contributed by atoms with Gasteiger partial charge >= 0.3 is 0 Å². The van der Waals surface area contributed by atoms with Gasteiger partial charge in [-0.1, -0.05) is 17.7 Å². The Kier molecular flexibility index (Phi) is 5.19. The number of rotatable bonds is 4. The van der Waals surface area contributed by atoms with E-state index in [1.807, 2.05) is 18.2 Å². The molecule has 1 aromatic rings. The van der Waals surface area contributed by atoms with Crippen LogP contribution in [0.2, 0.25) is 5.02 Å². The quantitative estimate of drug-likeness (QED) is 0.671. The van der Waals surface area contributed by atoms with Crippen LogP contribution in [0.4, 0.5) is 5.69 Å². The van der Waals surface area contributed by atoms with Crippen molar-refractivity contribution < 1.29 is 14.4 Å². The van der Waals surface area contributed by atoms with E-state index < -0.39 is 0 Å². The van der Waals surface area contributed by atoms with E-state index in [0.29, 0.717) is 30.2 Å². The molecule has 2 aliphatic rings. The molecule has 0 radical (unpaired) electrons. The first-order chi connectivity index (χ1) is 11.6. The molecule has 0 unspecified atom stereocenters. The van der Waals surface area contributed by atoms with Gasteiger partial charge in [-0.05, 0) is 42.9 Å². The van der Waals surface area contributed by atoms with Crippen LogP contribution in [0.5, 0.6) is 0 Å². The molecule has 0 aliphatic carbocycles. The van der Waals surface area contributed by atoms with E-state index in [1.165, 1.54) is 0 Å². The summed E-state index contributed by atoms with van der Waals surface area (Å²) in [4.78, 5) is 36.1. The van der Waals surface area contributed by atoms with Crippen molar-refractivity contribution in [1.29, 1.82) is 0 Å². The molecule has 24 heavy (non-hydrogen) atoms. The number of anilines is 1. The zero-order valence-electron chi connectivity index (χ0n) is 13.5. The van der Waals surface area contributed by atoms with Crippen LogP contribution in [0.25, 0.3) is 0 Å². The Balaban J connectivity index is 1.70. The first-order valence-electron chi connectivity index (χ1n) is 8.40. The van der Waals surface area contributed by atoms with E-state index in [2.05, 4.69) is 10.2 Å². The molecule has 1 N–H and O–H groups in total. The van der Waals surface area contributed by atoms with Crippen LogP contribution < -0.4 is 10.2 Å². The van der Waals surface area contributed by atoms with Crippen LogP contribution in [-0.2, 0) is 14.4 Å². The van der Waals surface area contributed by atoms with Crippen molar-refractivity contribution >= 4 is 35.4 Å². The Morgan fingerprint density at radius 1 is 1.21 bits per heavy atom. The summed E-state index contributed by atoms with van der Waals surface area (Å²) in [7, 11) is 0. The van der Waals surface area contributed by atoms with Crippen LogP contribution in [-0.4, -0.2) is 31.2 Å². The topological polar surface area (TPSA) is 66.5 Å². The van der Waals surface area contributed by atoms with E-state index in [0.717, 1.165) is 43.5 Å². The molecule has 2 aliphatic heterocycles. The molecular formula is C18H21ClN2O3. The zero-order chi connectivity index (χ0) is 17.1. The molecule has 0 bridgehead atoms. The van der Waals surface area contributed by atoms with Crippen molar-refractivity contribution in [3.8, 4) is 0 Å². The molecule has 5 nitrogen and oxygen atoms in total. The number of nitrogens with one attached hydrogen (secondary N) is 1. The second-order valence-electron chi connectivity index (χ2n) is 6.55. The Morgan fingerprint density at radius 3 is 2.58 bits per heavy atom. The Hall–Kier alpha value is -1.88. The number of benzene rings is 1. The summed E-state index contributed by atoms with van der Waals surface area (Å²) in [6, 6.07) is 5.73. The lowest BCUT2D eigenvalue weighted by molar-refractivity contribution is -0.134. The van der Waals surface area contributed by atoms with Crippen molar-refractivity contribution in [1.82, 2.24) is 5.32 Å². The first kappa shape index (κ1) is 17.0. The number of carbonyl (C=O) groups is 3. The van der Waals surface area contributed by atoms with E-state index in [-0.39, 0.29) is 17.7 Å². The highest BCUT2D eigenvalue weighted by atomic mass is 35.5. The number of halogens is 1. The SMILES string of the molecule is O=CCC1CCN(c2ccc([C@@H]3CCC(=O)NC3=O)cc2Cl)CC1. The molecule has 1 aromatic carbocycles.